The Hall–Kier alpha value is -1.43. The van der Waals surface area contributed by atoms with E-state index in [1.165, 1.54) is 17.6 Å². The van der Waals surface area contributed by atoms with Crippen molar-refractivity contribution >= 4 is 23.5 Å². The second-order valence-electron chi connectivity index (χ2n) is 2.10. The molecular formula is C6H9N5S. The fraction of sp³-hybridized carbons (Fsp3) is 0.167. The van der Waals surface area contributed by atoms with Crippen molar-refractivity contribution in [3.63, 3.8) is 0 Å². The molecule has 0 aromatic carbocycles. The van der Waals surface area contributed by atoms with Crippen molar-refractivity contribution in [1.82, 2.24) is 4.98 Å². The van der Waals surface area contributed by atoms with Crippen molar-refractivity contribution in [3.05, 3.63) is 16.1 Å². The average molecular weight is 183 g/mol. The molecule has 1 aromatic heterocycles. The molecular weight excluding hydrogens is 174 g/mol. The minimum absolute atomic E-state index is 0.0560. The van der Waals surface area contributed by atoms with Crippen LogP contribution in [0.5, 0.6) is 0 Å². The summed E-state index contributed by atoms with van der Waals surface area (Å²) in [5.41, 5.74) is 11.1. The third-order valence-electron chi connectivity index (χ3n) is 0.978. The molecule has 0 fully saturated rings. The molecule has 64 valence electrons. The fourth-order valence-corrected chi connectivity index (χ4v) is 1.23. The van der Waals surface area contributed by atoms with E-state index in [-0.39, 0.29) is 5.96 Å². The van der Waals surface area contributed by atoms with Gasteiger partial charge in [0, 0.05) is 11.1 Å². The summed E-state index contributed by atoms with van der Waals surface area (Å²) >= 11 is 1.49. The van der Waals surface area contributed by atoms with Gasteiger partial charge >= 0.3 is 0 Å². The van der Waals surface area contributed by atoms with Crippen LogP contribution in [-0.4, -0.2) is 17.2 Å². The van der Waals surface area contributed by atoms with Crippen LogP contribution in [0.1, 0.15) is 10.7 Å². The number of guanidine groups is 1. The molecule has 1 aromatic rings. The summed E-state index contributed by atoms with van der Waals surface area (Å²) in [6.07, 6.45) is 1.51. The van der Waals surface area contributed by atoms with E-state index in [1.54, 1.807) is 0 Å². The van der Waals surface area contributed by atoms with Gasteiger partial charge in [0.2, 0.25) is 5.96 Å². The lowest BCUT2D eigenvalue weighted by molar-refractivity contribution is 1.20. The Balaban J connectivity index is 2.64. The van der Waals surface area contributed by atoms with Crippen LogP contribution in [0.25, 0.3) is 0 Å². The zero-order valence-corrected chi connectivity index (χ0v) is 7.38. The number of thiazole rings is 1. The minimum Gasteiger partial charge on any atom is -0.369 e. The van der Waals surface area contributed by atoms with Gasteiger partial charge in [0.05, 0.1) is 6.21 Å². The van der Waals surface area contributed by atoms with E-state index in [9.17, 15) is 0 Å². The van der Waals surface area contributed by atoms with Gasteiger partial charge in [0.15, 0.2) is 0 Å². The van der Waals surface area contributed by atoms with Gasteiger partial charge in [-0.15, -0.1) is 16.4 Å². The summed E-state index contributed by atoms with van der Waals surface area (Å²) in [5, 5.41) is 9.77. The Morgan fingerprint density at radius 1 is 1.67 bits per heavy atom. The summed E-state index contributed by atoms with van der Waals surface area (Å²) < 4.78 is 0. The molecule has 0 amide bonds. The number of nitrogens with two attached hydrogens (primary N) is 2. The number of nitrogens with zero attached hydrogens (tertiary/aromatic N) is 3. The van der Waals surface area contributed by atoms with Crippen molar-refractivity contribution in [2.45, 2.75) is 6.92 Å². The van der Waals surface area contributed by atoms with Crippen LogP contribution in [0, 0.1) is 6.92 Å². The number of aromatic nitrogens is 1. The number of hydrogen-bond donors (Lipinski definition) is 2. The summed E-state index contributed by atoms with van der Waals surface area (Å²) in [6, 6.07) is 0. The molecule has 12 heavy (non-hydrogen) atoms. The zero-order valence-electron chi connectivity index (χ0n) is 6.56. The van der Waals surface area contributed by atoms with Gasteiger partial charge in [-0.3, -0.25) is 0 Å². The smallest absolute Gasteiger partial charge is 0.211 e. The molecule has 0 bridgehead atoms. The first-order valence-electron chi connectivity index (χ1n) is 3.22. The second-order valence-corrected chi connectivity index (χ2v) is 2.99. The molecule has 0 spiro atoms. The highest BCUT2D eigenvalue weighted by Crippen LogP contribution is 2.05. The highest BCUT2D eigenvalue weighted by molar-refractivity contribution is 7.11. The van der Waals surface area contributed by atoms with E-state index in [0.29, 0.717) is 0 Å². The quantitative estimate of drug-likeness (QED) is 0.386. The molecule has 0 saturated carbocycles. The van der Waals surface area contributed by atoms with Gasteiger partial charge in [0.25, 0.3) is 0 Å². The largest absolute Gasteiger partial charge is 0.369 e. The third kappa shape index (κ3) is 2.67. The molecule has 1 heterocycles. The Morgan fingerprint density at radius 2 is 2.42 bits per heavy atom. The van der Waals surface area contributed by atoms with Crippen LogP contribution in [0.2, 0.25) is 0 Å². The molecule has 0 aliphatic rings. The van der Waals surface area contributed by atoms with Crippen molar-refractivity contribution < 1.29 is 0 Å². The van der Waals surface area contributed by atoms with Gasteiger partial charge in [0.1, 0.15) is 5.01 Å². The van der Waals surface area contributed by atoms with Gasteiger partial charge < -0.3 is 11.5 Å². The van der Waals surface area contributed by atoms with Gasteiger partial charge in [-0.2, -0.15) is 5.10 Å². The first-order valence-corrected chi connectivity index (χ1v) is 4.10. The molecule has 0 aliphatic heterocycles. The summed E-state index contributed by atoms with van der Waals surface area (Å²) in [4.78, 5) is 4.13. The van der Waals surface area contributed by atoms with Gasteiger partial charge in [-0.05, 0) is 6.92 Å². The van der Waals surface area contributed by atoms with E-state index in [1.807, 2.05) is 12.3 Å². The third-order valence-corrected chi connectivity index (χ3v) is 1.88. The SMILES string of the molecule is Cc1csc(C=NN=C(N)N)n1. The van der Waals surface area contributed by atoms with Crippen molar-refractivity contribution in [2.24, 2.45) is 21.7 Å². The maximum atomic E-state index is 5.06. The van der Waals surface area contributed by atoms with Crippen LogP contribution in [0.15, 0.2) is 15.6 Å². The van der Waals surface area contributed by atoms with Crippen LogP contribution >= 0.6 is 11.3 Å². The zero-order chi connectivity index (χ0) is 8.97. The Labute approximate surface area is 73.8 Å². The van der Waals surface area contributed by atoms with Crippen LogP contribution < -0.4 is 11.5 Å². The molecule has 4 N–H and O–H groups in total. The van der Waals surface area contributed by atoms with Crippen LogP contribution in [0.3, 0.4) is 0 Å². The second kappa shape index (κ2) is 3.82. The number of rotatable bonds is 2. The number of aryl methyl sites for hydroxylation is 1. The molecule has 0 aliphatic carbocycles. The molecule has 0 unspecified atom stereocenters. The molecule has 5 nitrogen and oxygen atoms in total. The maximum Gasteiger partial charge on any atom is 0.211 e. The van der Waals surface area contributed by atoms with Crippen molar-refractivity contribution in [2.75, 3.05) is 0 Å². The Bertz CT molecular complexity index is 309. The van der Waals surface area contributed by atoms with E-state index in [2.05, 4.69) is 15.2 Å². The van der Waals surface area contributed by atoms with E-state index < -0.39 is 0 Å². The predicted octanol–water partition coefficient (Wildman–Crippen LogP) is 0.0588. The molecule has 0 atom stereocenters. The van der Waals surface area contributed by atoms with E-state index in [4.69, 9.17) is 11.5 Å². The van der Waals surface area contributed by atoms with Gasteiger partial charge in [-0.25, -0.2) is 4.98 Å². The van der Waals surface area contributed by atoms with E-state index >= 15 is 0 Å². The first-order chi connectivity index (χ1) is 5.68. The topological polar surface area (TPSA) is 89.6 Å². The summed E-state index contributed by atoms with van der Waals surface area (Å²) in [5.74, 6) is -0.0560. The standard InChI is InChI=1S/C6H9N5S/c1-4-3-12-5(10-4)2-9-11-6(7)8/h2-3H,1H3,(H4,7,8,11). The summed E-state index contributed by atoms with van der Waals surface area (Å²) in [6.45, 7) is 1.91. The lowest BCUT2D eigenvalue weighted by Crippen LogP contribution is -2.21. The molecule has 0 radical (unpaired) electrons. The molecule has 0 saturated heterocycles. The lowest BCUT2D eigenvalue weighted by Gasteiger charge is -1.82. The Morgan fingerprint density at radius 3 is 2.92 bits per heavy atom. The molecule has 6 heteroatoms. The monoisotopic (exact) mass is 183 g/mol. The maximum absolute atomic E-state index is 5.06. The Kier molecular flexibility index (Phi) is 2.76. The number of hydrogen-bond acceptors (Lipinski definition) is 4. The predicted molar refractivity (Wildman–Crippen MR) is 50.3 cm³/mol. The van der Waals surface area contributed by atoms with E-state index in [0.717, 1.165) is 10.7 Å². The van der Waals surface area contributed by atoms with Crippen LogP contribution in [-0.2, 0) is 0 Å². The average Bonchev–Trinajstić information content (AvgIpc) is 2.35. The highest BCUT2D eigenvalue weighted by atomic mass is 32.1. The molecule has 1 rings (SSSR count). The van der Waals surface area contributed by atoms with Crippen molar-refractivity contribution in [1.29, 1.82) is 0 Å². The fourth-order valence-electron chi connectivity index (χ4n) is 0.576. The lowest BCUT2D eigenvalue weighted by atomic mass is 10.6. The first kappa shape index (κ1) is 8.66. The normalized spacial score (nSPS) is 10.4. The van der Waals surface area contributed by atoms with Crippen LogP contribution in [0.4, 0.5) is 0 Å². The van der Waals surface area contributed by atoms with Gasteiger partial charge in [-0.1, -0.05) is 0 Å². The van der Waals surface area contributed by atoms with Crippen molar-refractivity contribution in [3.8, 4) is 0 Å². The minimum atomic E-state index is -0.0560. The highest BCUT2D eigenvalue weighted by Gasteiger charge is 1.92. The summed E-state index contributed by atoms with van der Waals surface area (Å²) in [7, 11) is 0.